The fourth-order valence-corrected chi connectivity index (χ4v) is 2.87. The first-order valence-electron chi connectivity index (χ1n) is 6.54. The third-order valence-electron chi connectivity index (χ3n) is 2.96. The number of hydrogen-bond donors (Lipinski definition) is 2. The Kier molecular flexibility index (Phi) is 5.84. The van der Waals surface area contributed by atoms with E-state index in [1.54, 1.807) is 0 Å². The van der Waals surface area contributed by atoms with Gasteiger partial charge >= 0.3 is 0 Å². The minimum Gasteiger partial charge on any atom is -0.488 e. The van der Waals surface area contributed by atoms with Crippen LogP contribution in [0.4, 0.5) is 0 Å². The van der Waals surface area contributed by atoms with Crippen molar-refractivity contribution in [3.8, 4) is 5.75 Å². The lowest BCUT2D eigenvalue weighted by molar-refractivity contribution is 0.229. The summed E-state index contributed by atoms with van der Waals surface area (Å²) < 4.78 is 5.85. The summed E-state index contributed by atoms with van der Waals surface area (Å²) in [6, 6.07) is 8.27. The number of nitrogens with one attached hydrogen (secondary N) is 1. The summed E-state index contributed by atoms with van der Waals surface area (Å²) in [7, 11) is 0. The number of hydrogen-bond acceptors (Lipinski definition) is 4. The number of aliphatic hydroxyl groups excluding tert-OH is 1. The van der Waals surface area contributed by atoms with Crippen LogP contribution in [0.25, 0.3) is 0 Å². The summed E-state index contributed by atoms with van der Waals surface area (Å²) in [6.07, 6.45) is 2.19. The SMILES string of the molecule is OCCCSCCNCC1Cc2ccccc2O1. The van der Waals surface area contributed by atoms with Gasteiger partial charge in [0.15, 0.2) is 0 Å². The number of aliphatic hydroxyl groups is 1. The maximum Gasteiger partial charge on any atom is 0.123 e. The number of para-hydroxylation sites is 1. The van der Waals surface area contributed by atoms with Crippen LogP contribution in [-0.2, 0) is 6.42 Å². The summed E-state index contributed by atoms with van der Waals surface area (Å²) in [5.41, 5.74) is 1.32. The van der Waals surface area contributed by atoms with Crippen LogP contribution in [0.3, 0.4) is 0 Å². The molecule has 4 heteroatoms. The number of rotatable bonds is 8. The van der Waals surface area contributed by atoms with E-state index >= 15 is 0 Å². The van der Waals surface area contributed by atoms with Crippen molar-refractivity contribution in [2.75, 3.05) is 31.2 Å². The number of thioether (sulfide) groups is 1. The Hall–Kier alpha value is -0.710. The van der Waals surface area contributed by atoms with Gasteiger partial charge in [0, 0.05) is 31.9 Å². The molecule has 1 aromatic carbocycles. The summed E-state index contributed by atoms with van der Waals surface area (Å²) >= 11 is 1.88. The highest BCUT2D eigenvalue weighted by molar-refractivity contribution is 7.99. The van der Waals surface area contributed by atoms with Gasteiger partial charge in [-0.05, 0) is 23.8 Å². The molecule has 100 valence electrons. The molecule has 0 spiro atoms. The van der Waals surface area contributed by atoms with E-state index in [1.165, 1.54) is 5.56 Å². The molecule has 1 aliphatic heterocycles. The van der Waals surface area contributed by atoms with E-state index in [0.717, 1.165) is 43.2 Å². The molecular formula is C14H21NO2S. The van der Waals surface area contributed by atoms with E-state index in [-0.39, 0.29) is 6.10 Å². The Balaban J connectivity index is 1.54. The van der Waals surface area contributed by atoms with Crippen molar-refractivity contribution >= 4 is 11.8 Å². The van der Waals surface area contributed by atoms with Crippen molar-refractivity contribution in [1.82, 2.24) is 5.32 Å². The van der Waals surface area contributed by atoms with Gasteiger partial charge in [0.25, 0.3) is 0 Å². The zero-order valence-corrected chi connectivity index (χ0v) is 11.4. The maximum atomic E-state index is 8.65. The van der Waals surface area contributed by atoms with Crippen LogP contribution in [0.5, 0.6) is 5.75 Å². The topological polar surface area (TPSA) is 41.5 Å². The van der Waals surface area contributed by atoms with Crippen molar-refractivity contribution in [2.24, 2.45) is 0 Å². The minimum atomic E-state index is 0.282. The average Bonchev–Trinajstić information content (AvgIpc) is 2.80. The highest BCUT2D eigenvalue weighted by Gasteiger charge is 2.21. The summed E-state index contributed by atoms with van der Waals surface area (Å²) in [5.74, 6) is 3.19. The van der Waals surface area contributed by atoms with E-state index in [0.29, 0.717) is 6.61 Å². The van der Waals surface area contributed by atoms with Crippen molar-refractivity contribution in [3.63, 3.8) is 0 Å². The first-order chi connectivity index (χ1) is 8.90. The number of ether oxygens (including phenoxy) is 1. The van der Waals surface area contributed by atoms with Crippen LogP contribution in [0, 0.1) is 0 Å². The van der Waals surface area contributed by atoms with Gasteiger partial charge in [0.1, 0.15) is 11.9 Å². The summed E-state index contributed by atoms with van der Waals surface area (Å²) in [4.78, 5) is 0. The van der Waals surface area contributed by atoms with E-state index in [2.05, 4.69) is 17.4 Å². The van der Waals surface area contributed by atoms with Crippen molar-refractivity contribution < 1.29 is 9.84 Å². The Labute approximate surface area is 113 Å². The van der Waals surface area contributed by atoms with Gasteiger partial charge in [-0.2, -0.15) is 11.8 Å². The van der Waals surface area contributed by atoms with Gasteiger partial charge in [-0.15, -0.1) is 0 Å². The molecule has 0 saturated carbocycles. The minimum absolute atomic E-state index is 0.282. The molecule has 1 aliphatic rings. The second kappa shape index (κ2) is 7.67. The molecule has 1 aromatic rings. The molecule has 0 aromatic heterocycles. The van der Waals surface area contributed by atoms with Gasteiger partial charge in [-0.3, -0.25) is 0 Å². The molecule has 2 N–H and O–H groups in total. The Morgan fingerprint density at radius 2 is 2.22 bits per heavy atom. The standard InChI is InChI=1S/C14H21NO2S/c16-7-3-8-18-9-6-15-11-13-10-12-4-1-2-5-14(12)17-13/h1-2,4-5,13,15-16H,3,6-11H2. The van der Waals surface area contributed by atoms with Gasteiger partial charge in [0.05, 0.1) is 0 Å². The van der Waals surface area contributed by atoms with E-state index < -0.39 is 0 Å². The lowest BCUT2D eigenvalue weighted by Crippen LogP contribution is -2.31. The molecule has 2 rings (SSSR count). The Bertz CT molecular complexity index is 334. The van der Waals surface area contributed by atoms with E-state index in [9.17, 15) is 0 Å². The quantitative estimate of drug-likeness (QED) is 0.703. The number of benzene rings is 1. The van der Waals surface area contributed by atoms with Crippen LogP contribution in [-0.4, -0.2) is 42.4 Å². The molecule has 0 saturated heterocycles. The Morgan fingerprint density at radius 3 is 3.06 bits per heavy atom. The third-order valence-corrected chi connectivity index (χ3v) is 4.03. The Morgan fingerprint density at radius 1 is 1.33 bits per heavy atom. The summed E-state index contributed by atoms with van der Waals surface area (Å²) in [5, 5.41) is 12.1. The lowest BCUT2D eigenvalue weighted by atomic mass is 10.1. The van der Waals surface area contributed by atoms with Crippen molar-refractivity contribution in [1.29, 1.82) is 0 Å². The van der Waals surface area contributed by atoms with Crippen molar-refractivity contribution in [2.45, 2.75) is 18.9 Å². The second-order valence-electron chi connectivity index (χ2n) is 4.45. The molecule has 18 heavy (non-hydrogen) atoms. The first kappa shape index (κ1) is 13.7. The van der Waals surface area contributed by atoms with Crippen LogP contribution >= 0.6 is 11.8 Å². The highest BCUT2D eigenvalue weighted by Crippen LogP contribution is 2.27. The third kappa shape index (κ3) is 4.19. The predicted octanol–water partition coefficient (Wildman–Crippen LogP) is 1.70. The molecule has 1 atom stereocenters. The lowest BCUT2D eigenvalue weighted by Gasteiger charge is -2.11. The normalized spacial score (nSPS) is 17.5. The van der Waals surface area contributed by atoms with Crippen LogP contribution in [0.15, 0.2) is 24.3 Å². The fourth-order valence-electron chi connectivity index (χ4n) is 2.04. The smallest absolute Gasteiger partial charge is 0.123 e. The molecular weight excluding hydrogens is 246 g/mol. The summed E-state index contributed by atoms with van der Waals surface area (Å²) in [6.45, 7) is 2.22. The second-order valence-corrected chi connectivity index (χ2v) is 5.67. The zero-order valence-electron chi connectivity index (χ0n) is 10.6. The van der Waals surface area contributed by atoms with Gasteiger partial charge < -0.3 is 15.2 Å². The van der Waals surface area contributed by atoms with Gasteiger partial charge in [-0.1, -0.05) is 18.2 Å². The molecule has 1 heterocycles. The van der Waals surface area contributed by atoms with Crippen molar-refractivity contribution in [3.05, 3.63) is 29.8 Å². The van der Waals surface area contributed by atoms with Gasteiger partial charge in [-0.25, -0.2) is 0 Å². The predicted molar refractivity (Wildman–Crippen MR) is 76.5 cm³/mol. The maximum absolute atomic E-state index is 8.65. The first-order valence-corrected chi connectivity index (χ1v) is 7.69. The molecule has 0 radical (unpaired) electrons. The zero-order chi connectivity index (χ0) is 12.6. The molecule has 0 amide bonds. The average molecular weight is 267 g/mol. The van der Waals surface area contributed by atoms with Gasteiger partial charge in [0.2, 0.25) is 0 Å². The highest BCUT2D eigenvalue weighted by atomic mass is 32.2. The molecule has 1 unspecified atom stereocenters. The number of fused-ring (bicyclic) bond motifs is 1. The molecule has 0 bridgehead atoms. The fraction of sp³-hybridized carbons (Fsp3) is 0.571. The monoisotopic (exact) mass is 267 g/mol. The van der Waals surface area contributed by atoms with Crippen LogP contribution < -0.4 is 10.1 Å². The van der Waals surface area contributed by atoms with Crippen LogP contribution in [0.1, 0.15) is 12.0 Å². The molecule has 0 fully saturated rings. The largest absolute Gasteiger partial charge is 0.488 e. The molecule has 3 nitrogen and oxygen atoms in total. The van der Waals surface area contributed by atoms with E-state index in [4.69, 9.17) is 9.84 Å². The van der Waals surface area contributed by atoms with Crippen LogP contribution in [0.2, 0.25) is 0 Å². The molecule has 0 aliphatic carbocycles. The van der Waals surface area contributed by atoms with E-state index in [1.807, 2.05) is 23.9 Å².